The highest BCUT2D eigenvalue weighted by Crippen LogP contribution is 2.18. The Morgan fingerprint density at radius 3 is 2.19 bits per heavy atom. The fourth-order valence-corrected chi connectivity index (χ4v) is 2.08. The van der Waals surface area contributed by atoms with Gasteiger partial charge in [0, 0.05) is 26.3 Å². The number of nitrogens with one attached hydrogen (secondary N) is 2. The Labute approximate surface area is 177 Å². The molecular formula is C17H19ClF3IN4O. The summed E-state index contributed by atoms with van der Waals surface area (Å²) in [5.41, 5.74) is 1.82. The summed E-state index contributed by atoms with van der Waals surface area (Å²) in [4.78, 5) is 8.11. The van der Waals surface area contributed by atoms with Gasteiger partial charge in [-0.3, -0.25) is 4.99 Å². The first-order valence-electron chi connectivity index (χ1n) is 7.69. The third-order valence-electron chi connectivity index (χ3n) is 3.26. The number of alkyl halides is 3. The highest BCUT2D eigenvalue weighted by molar-refractivity contribution is 14.0. The Bertz CT molecular complexity index is 724. The van der Waals surface area contributed by atoms with Crippen molar-refractivity contribution in [2.45, 2.75) is 19.3 Å². The highest BCUT2D eigenvalue weighted by Gasteiger charge is 2.28. The molecule has 5 nitrogen and oxygen atoms in total. The van der Waals surface area contributed by atoms with Crippen LogP contribution >= 0.6 is 35.6 Å². The van der Waals surface area contributed by atoms with Crippen LogP contribution in [0.3, 0.4) is 0 Å². The minimum Gasteiger partial charge on any atom is -0.484 e. The average molecular weight is 515 g/mol. The molecule has 10 heteroatoms. The van der Waals surface area contributed by atoms with E-state index in [0.29, 0.717) is 24.2 Å². The van der Waals surface area contributed by atoms with Crippen LogP contribution in [0, 0.1) is 0 Å². The third-order valence-corrected chi connectivity index (χ3v) is 3.48. The molecule has 0 radical (unpaired) electrons. The van der Waals surface area contributed by atoms with Crippen LogP contribution < -0.4 is 15.4 Å². The van der Waals surface area contributed by atoms with Gasteiger partial charge in [-0.25, -0.2) is 4.98 Å². The van der Waals surface area contributed by atoms with Crippen molar-refractivity contribution >= 4 is 41.5 Å². The zero-order valence-corrected chi connectivity index (χ0v) is 17.5. The molecule has 0 amide bonds. The minimum absolute atomic E-state index is 0. The number of guanidine groups is 1. The van der Waals surface area contributed by atoms with Crippen molar-refractivity contribution in [2.24, 2.45) is 4.99 Å². The van der Waals surface area contributed by atoms with E-state index in [1.165, 1.54) is 12.1 Å². The Morgan fingerprint density at radius 2 is 1.67 bits per heavy atom. The lowest BCUT2D eigenvalue weighted by atomic mass is 10.2. The fourth-order valence-electron chi connectivity index (χ4n) is 1.97. The molecular weight excluding hydrogens is 496 g/mol. The van der Waals surface area contributed by atoms with Gasteiger partial charge in [-0.15, -0.1) is 24.0 Å². The zero-order chi connectivity index (χ0) is 19.0. The molecule has 0 atom stereocenters. The van der Waals surface area contributed by atoms with E-state index in [9.17, 15) is 13.2 Å². The molecule has 0 aliphatic carbocycles. The molecule has 0 unspecified atom stereocenters. The lowest BCUT2D eigenvalue weighted by molar-refractivity contribution is -0.153. The van der Waals surface area contributed by atoms with Crippen LogP contribution in [0.25, 0.3) is 0 Å². The first-order valence-corrected chi connectivity index (χ1v) is 8.07. The number of ether oxygens (including phenoxy) is 1. The maximum absolute atomic E-state index is 12.1. The zero-order valence-electron chi connectivity index (χ0n) is 14.4. The van der Waals surface area contributed by atoms with Gasteiger partial charge in [0.15, 0.2) is 12.6 Å². The lowest BCUT2D eigenvalue weighted by Gasteiger charge is -2.13. The third kappa shape index (κ3) is 9.14. The van der Waals surface area contributed by atoms with Gasteiger partial charge in [-0.2, -0.15) is 13.2 Å². The summed E-state index contributed by atoms with van der Waals surface area (Å²) >= 11 is 5.74. The van der Waals surface area contributed by atoms with Crippen molar-refractivity contribution in [2.75, 3.05) is 13.7 Å². The number of aliphatic imine (C=N–C) groups is 1. The van der Waals surface area contributed by atoms with Crippen molar-refractivity contribution in [3.05, 3.63) is 58.9 Å². The van der Waals surface area contributed by atoms with Gasteiger partial charge in [0.2, 0.25) is 0 Å². The van der Waals surface area contributed by atoms with Crippen LogP contribution in [0.4, 0.5) is 13.2 Å². The maximum Gasteiger partial charge on any atom is 0.422 e. The van der Waals surface area contributed by atoms with E-state index in [1.807, 2.05) is 6.07 Å². The summed E-state index contributed by atoms with van der Waals surface area (Å²) in [6, 6.07) is 9.94. The molecule has 0 aliphatic heterocycles. The van der Waals surface area contributed by atoms with Gasteiger partial charge in [0.1, 0.15) is 10.9 Å². The Balaban J connectivity index is 0.00000364. The van der Waals surface area contributed by atoms with Crippen molar-refractivity contribution in [1.29, 1.82) is 0 Å². The van der Waals surface area contributed by atoms with Gasteiger partial charge in [-0.05, 0) is 29.3 Å². The molecule has 1 aromatic heterocycles. The van der Waals surface area contributed by atoms with E-state index in [0.717, 1.165) is 11.1 Å². The normalized spacial score (nSPS) is 11.5. The number of rotatable bonds is 6. The molecule has 0 spiro atoms. The topological polar surface area (TPSA) is 58.5 Å². The molecule has 0 aliphatic rings. The van der Waals surface area contributed by atoms with E-state index in [4.69, 9.17) is 11.6 Å². The van der Waals surface area contributed by atoms with Gasteiger partial charge < -0.3 is 15.4 Å². The van der Waals surface area contributed by atoms with Crippen LogP contribution in [-0.4, -0.2) is 30.8 Å². The van der Waals surface area contributed by atoms with E-state index < -0.39 is 12.8 Å². The van der Waals surface area contributed by atoms with Crippen LogP contribution in [-0.2, 0) is 13.1 Å². The van der Waals surface area contributed by atoms with Crippen molar-refractivity contribution in [1.82, 2.24) is 15.6 Å². The summed E-state index contributed by atoms with van der Waals surface area (Å²) in [5, 5.41) is 6.67. The molecule has 2 aromatic rings. The molecule has 1 heterocycles. The number of hydrogen-bond acceptors (Lipinski definition) is 3. The Morgan fingerprint density at radius 1 is 1.07 bits per heavy atom. The first-order chi connectivity index (χ1) is 12.4. The second-order valence-electron chi connectivity index (χ2n) is 5.32. The van der Waals surface area contributed by atoms with Gasteiger partial charge in [0.05, 0.1) is 0 Å². The van der Waals surface area contributed by atoms with E-state index >= 15 is 0 Å². The van der Waals surface area contributed by atoms with Crippen molar-refractivity contribution < 1.29 is 17.9 Å². The molecule has 2 rings (SSSR count). The average Bonchev–Trinajstić information content (AvgIpc) is 2.62. The number of pyridine rings is 1. The smallest absolute Gasteiger partial charge is 0.422 e. The molecule has 1 aromatic carbocycles. The molecule has 2 N–H and O–H groups in total. The number of benzene rings is 1. The van der Waals surface area contributed by atoms with Crippen LogP contribution in [0.15, 0.2) is 47.6 Å². The summed E-state index contributed by atoms with van der Waals surface area (Å²) in [6.07, 6.45) is -2.68. The summed E-state index contributed by atoms with van der Waals surface area (Å²) in [5.74, 6) is 0.751. The second kappa shape index (κ2) is 11.2. The van der Waals surface area contributed by atoms with E-state index in [-0.39, 0.29) is 29.7 Å². The SMILES string of the molecule is CN=C(NCc1ccc(OCC(F)(F)F)cc1)NCc1ccc(Cl)nc1.I. The fraction of sp³-hybridized carbons (Fsp3) is 0.294. The molecule has 0 fully saturated rings. The predicted molar refractivity (Wildman–Crippen MR) is 110 cm³/mol. The Hall–Kier alpha value is -1.75. The monoisotopic (exact) mass is 514 g/mol. The summed E-state index contributed by atoms with van der Waals surface area (Å²) in [6.45, 7) is -0.327. The predicted octanol–water partition coefficient (Wildman–Crippen LogP) is 4.16. The van der Waals surface area contributed by atoms with E-state index in [1.54, 1.807) is 31.4 Å². The lowest BCUT2D eigenvalue weighted by Crippen LogP contribution is -2.36. The van der Waals surface area contributed by atoms with Crippen LogP contribution in [0.1, 0.15) is 11.1 Å². The van der Waals surface area contributed by atoms with Crippen LogP contribution in [0.2, 0.25) is 5.15 Å². The largest absolute Gasteiger partial charge is 0.484 e. The number of halogens is 5. The number of aromatic nitrogens is 1. The standard InChI is InChI=1S/C17H18ClF3N4O.HI/c1-22-16(25-10-13-4-7-15(18)23-9-13)24-8-12-2-5-14(6-3-12)26-11-17(19,20)21;/h2-7,9H,8,10-11H2,1H3,(H2,22,24,25);1H. The van der Waals surface area contributed by atoms with Gasteiger partial charge in [-0.1, -0.05) is 29.8 Å². The van der Waals surface area contributed by atoms with Gasteiger partial charge >= 0.3 is 6.18 Å². The Kier molecular flexibility index (Phi) is 9.64. The molecule has 0 bridgehead atoms. The molecule has 0 saturated heterocycles. The quantitative estimate of drug-likeness (QED) is 0.263. The summed E-state index contributed by atoms with van der Waals surface area (Å²) < 4.78 is 41.0. The van der Waals surface area contributed by atoms with E-state index in [2.05, 4.69) is 25.3 Å². The van der Waals surface area contributed by atoms with Crippen LogP contribution in [0.5, 0.6) is 5.75 Å². The molecule has 0 saturated carbocycles. The number of hydrogen-bond donors (Lipinski definition) is 2. The van der Waals surface area contributed by atoms with Crippen molar-refractivity contribution in [3.8, 4) is 5.75 Å². The van der Waals surface area contributed by atoms with Gasteiger partial charge in [0.25, 0.3) is 0 Å². The maximum atomic E-state index is 12.1. The first kappa shape index (κ1) is 23.3. The number of nitrogens with zero attached hydrogens (tertiary/aromatic N) is 2. The summed E-state index contributed by atoms with van der Waals surface area (Å²) in [7, 11) is 1.64. The highest BCUT2D eigenvalue weighted by atomic mass is 127. The molecule has 148 valence electrons. The minimum atomic E-state index is -4.35. The second-order valence-corrected chi connectivity index (χ2v) is 5.70. The van der Waals surface area contributed by atoms with Crippen molar-refractivity contribution in [3.63, 3.8) is 0 Å². The molecule has 27 heavy (non-hydrogen) atoms.